The molecule has 0 aromatic carbocycles. The van der Waals surface area contributed by atoms with Gasteiger partial charge in [0.2, 0.25) is 5.91 Å². The zero-order valence-corrected chi connectivity index (χ0v) is 27.8. The Morgan fingerprint density at radius 1 is 0.756 bits per heavy atom. The maximum atomic E-state index is 12.8. The highest BCUT2D eigenvalue weighted by Gasteiger charge is 2.44. The second-order valence-corrected chi connectivity index (χ2v) is 11.9. The molecule has 7 atom stereocenters. The van der Waals surface area contributed by atoms with E-state index >= 15 is 0 Å². The lowest BCUT2D eigenvalue weighted by molar-refractivity contribution is -0.302. The van der Waals surface area contributed by atoms with Gasteiger partial charge in [-0.1, -0.05) is 101 Å². The molecule has 0 radical (unpaired) electrons. The minimum Gasteiger partial charge on any atom is -0.394 e. The fraction of sp³-hybridized carbons (Fsp3) is 0.750. The van der Waals surface area contributed by atoms with Crippen molar-refractivity contribution in [2.75, 3.05) is 13.2 Å². The summed E-state index contributed by atoms with van der Waals surface area (Å²) in [5, 5.41) is 53.5. The molecule has 45 heavy (non-hydrogen) atoms. The minimum absolute atomic E-state index is 0.210. The lowest BCUT2D eigenvalue weighted by Crippen LogP contribution is -2.60. The minimum atomic E-state index is -1.57. The number of ether oxygens (including phenoxy) is 2. The smallest absolute Gasteiger partial charge is 0.220 e. The number of allylic oxidation sites excluding steroid dienone is 7. The summed E-state index contributed by atoms with van der Waals surface area (Å²) >= 11 is 0. The molecular formula is C36H63NO8. The SMILES string of the molecule is CCC/C=C/CC/C=C/C(O)C(COC1OC(CO)C(O)C(O)C1O)NC(=O)CCCCCCC/C=C\C/C=C\CCCCC. The number of hydrogen-bond donors (Lipinski definition) is 6. The number of nitrogens with one attached hydrogen (secondary N) is 1. The first-order valence-corrected chi connectivity index (χ1v) is 17.4. The van der Waals surface area contributed by atoms with Gasteiger partial charge in [-0.15, -0.1) is 0 Å². The monoisotopic (exact) mass is 637 g/mol. The molecule has 260 valence electrons. The van der Waals surface area contributed by atoms with Gasteiger partial charge in [0.25, 0.3) is 0 Å². The molecule has 1 aliphatic heterocycles. The van der Waals surface area contributed by atoms with Crippen LogP contribution in [0, 0.1) is 0 Å². The van der Waals surface area contributed by atoms with Crippen molar-refractivity contribution < 1.29 is 39.8 Å². The van der Waals surface area contributed by atoms with E-state index in [2.05, 4.69) is 55.6 Å². The van der Waals surface area contributed by atoms with Gasteiger partial charge in [-0.25, -0.2) is 0 Å². The summed E-state index contributed by atoms with van der Waals surface area (Å²) in [5.74, 6) is -0.210. The lowest BCUT2D eigenvalue weighted by atomic mass is 9.99. The molecule has 0 aliphatic carbocycles. The molecule has 1 saturated heterocycles. The fourth-order valence-electron chi connectivity index (χ4n) is 4.97. The van der Waals surface area contributed by atoms with E-state index in [0.29, 0.717) is 6.42 Å². The molecule has 0 saturated carbocycles. The molecule has 0 bridgehead atoms. The van der Waals surface area contributed by atoms with E-state index in [1.807, 2.05) is 6.08 Å². The third-order valence-corrected chi connectivity index (χ3v) is 7.86. The van der Waals surface area contributed by atoms with Gasteiger partial charge in [0, 0.05) is 6.42 Å². The first-order valence-electron chi connectivity index (χ1n) is 17.4. The first kappa shape index (κ1) is 41.2. The van der Waals surface area contributed by atoms with Crippen LogP contribution in [0.1, 0.15) is 117 Å². The highest BCUT2D eigenvalue weighted by atomic mass is 16.7. The van der Waals surface area contributed by atoms with Gasteiger partial charge >= 0.3 is 0 Å². The summed E-state index contributed by atoms with van der Waals surface area (Å²) in [6.45, 7) is 3.56. The Kier molecular flexibility index (Phi) is 25.0. The molecule has 9 heteroatoms. The lowest BCUT2D eigenvalue weighted by Gasteiger charge is -2.40. The van der Waals surface area contributed by atoms with E-state index < -0.39 is 49.5 Å². The second-order valence-electron chi connectivity index (χ2n) is 11.9. The van der Waals surface area contributed by atoms with Crippen molar-refractivity contribution in [3.63, 3.8) is 0 Å². The van der Waals surface area contributed by atoms with Gasteiger partial charge in [0.15, 0.2) is 6.29 Å². The number of carbonyl (C=O) groups is 1. The fourth-order valence-corrected chi connectivity index (χ4v) is 4.97. The predicted octanol–water partition coefficient (Wildman–Crippen LogP) is 5.15. The standard InChI is InChI=1S/C36H63NO8/c1-3-5-7-9-11-12-13-14-15-16-17-18-20-22-24-26-32(40)37-29(30(39)25-23-21-19-10-8-6-4-2)28-44-36-35(43)34(42)33(41)31(27-38)45-36/h8,10-12,14-15,23,25,29-31,33-36,38-39,41-43H,3-7,9,13,16-22,24,26-28H2,1-2H3,(H,37,40)/b10-8+,12-11-,15-14-,25-23+. The van der Waals surface area contributed by atoms with E-state index in [1.54, 1.807) is 6.08 Å². The van der Waals surface area contributed by atoms with Crippen LogP contribution in [0.2, 0.25) is 0 Å². The van der Waals surface area contributed by atoms with Gasteiger partial charge in [-0.3, -0.25) is 4.79 Å². The quantitative estimate of drug-likeness (QED) is 0.0563. The summed E-state index contributed by atoms with van der Waals surface area (Å²) in [6, 6.07) is -0.824. The molecule has 0 aromatic heterocycles. The van der Waals surface area contributed by atoms with Crippen molar-refractivity contribution in [3.8, 4) is 0 Å². The largest absolute Gasteiger partial charge is 0.394 e. The molecule has 6 N–H and O–H groups in total. The Labute approximate surface area is 272 Å². The number of carbonyl (C=O) groups excluding carboxylic acids is 1. The molecule has 1 aliphatic rings. The molecule has 1 rings (SSSR count). The van der Waals surface area contributed by atoms with Crippen molar-refractivity contribution >= 4 is 5.91 Å². The van der Waals surface area contributed by atoms with E-state index in [-0.39, 0.29) is 12.5 Å². The zero-order chi connectivity index (χ0) is 33.1. The third kappa shape index (κ3) is 19.4. The summed E-state index contributed by atoms with van der Waals surface area (Å²) in [4.78, 5) is 12.8. The maximum absolute atomic E-state index is 12.8. The molecule has 1 amide bonds. The normalized spacial score (nSPS) is 23.9. The van der Waals surface area contributed by atoms with Crippen LogP contribution in [-0.2, 0) is 14.3 Å². The Balaban J connectivity index is 2.47. The van der Waals surface area contributed by atoms with Crippen molar-refractivity contribution in [1.82, 2.24) is 5.32 Å². The van der Waals surface area contributed by atoms with E-state index in [4.69, 9.17) is 9.47 Å². The average Bonchev–Trinajstić information content (AvgIpc) is 3.04. The van der Waals surface area contributed by atoms with Crippen LogP contribution in [-0.4, -0.2) is 87.5 Å². The molecule has 7 unspecified atom stereocenters. The topological polar surface area (TPSA) is 149 Å². The Morgan fingerprint density at radius 2 is 1.38 bits per heavy atom. The van der Waals surface area contributed by atoms with Crippen LogP contribution in [0.5, 0.6) is 0 Å². The molecule has 1 fully saturated rings. The number of amides is 1. The van der Waals surface area contributed by atoms with Crippen LogP contribution < -0.4 is 5.32 Å². The van der Waals surface area contributed by atoms with Gasteiger partial charge in [0.05, 0.1) is 25.4 Å². The van der Waals surface area contributed by atoms with Crippen LogP contribution in [0.4, 0.5) is 0 Å². The summed E-state index contributed by atoms with van der Waals surface area (Å²) in [6.07, 6.45) is 24.6. The molecule has 0 spiro atoms. The molecule has 1 heterocycles. The van der Waals surface area contributed by atoms with Crippen LogP contribution in [0.3, 0.4) is 0 Å². The molecule has 9 nitrogen and oxygen atoms in total. The summed E-state index contributed by atoms with van der Waals surface area (Å²) in [7, 11) is 0. The number of rotatable bonds is 26. The first-order chi connectivity index (χ1) is 21.8. The molecule has 0 aromatic rings. The van der Waals surface area contributed by atoms with Crippen molar-refractivity contribution in [3.05, 3.63) is 48.6 Å². The zero-order valence-electron chi connectivity index (χ0n) is 27.8. The Hall–Kier alpha value is -1.85. The Morgan fingerprint density at radius 3 is 2.07 bits per heavy atom. The van der Waals surface area contributed by atoms with Gasteiger partial charge in [-0.2, -0.15) is 0 Å². The third-order valence-electron chi connectivity index (χ3n) is 7.86. The number of aliphatic hydroxyl groups is 5. The Bertz CT molecular complexity index is 843. The van der Waals surface area contributed by atoms with E-state index in [9.17, 15) is 30.3 Å². The summed E-state index contributed by atoms with van der Waals surface area (Å²) < 4.78 is 11.1. The van der Waals surface area contributed by atoms with Gasteiger partial charge < -0.3 is 40.3 Å². The highest BCUT2D eigenvalue weighted by molar-refractivity contribution is 5.76. The maximum Gasteiger partial charge on any atom is 0.220 e. The number of unbranched alkanes of at least 4 members (excludes halogenated alkanes) is 10. The van der Waals surface area contributed by atoms with Crippen molar-refractivity contribution in [1.29, 1.82) is 0 Å². The van der Waals surface area contributed by atoms with E-state index in [1.165, 1.54) is 25.7 Å². The van der Waals surface area contributed by atoms with Gasteiger partial charge in [-0.05, 0) is 57.8 Å². The highest BCUT2D eigenvalue weighted by Crippen LogP contribution is 2.22. The summed E-state index contributed by atoms with van der Waals surface area (Å²) in [5.41, 5.74) is 0. The van der Waals surface area contributed by atoms with Crippen LogP contribution in [0.15, 0.2) is 48.6 Å². The van der Waals surface area contributed by atoms with Gasteiger partial charge in [0.1, 0.15) is 24.4 Å². The van der Waals surface area contributed by atoms with Crippen molar-refractivity contribution in [2.45, 2.75) is 159 Å². The number of hydrogen-bond acceptors (Lipinski definition) is 8. The predicted molar refractivity (Wildman–Crippen MR) is 179 cm³/mol. The molecular weight excluding hydrogens is 574 g/mol. The van der Waals surface area contributed by atoms with Crippen LogP contribution in [0.25, 0.3) is 0 Å². The van der Waals surface area contributed by atoms with Crippen molar-refractivity contribution in [2.24, 2.45) is 0 Å². The van der Waals surface area contributed by atoms with Crippen LogP contribution >= 0.6 is 0 Å². The number of aliphatic hydroxyl groups excluding tert-OH is 5. The second kappa shape index (κ2) is 27.3. The average molecular weight is 638 g/mol. The van der Waals surface area contributed by atoms with E-state index in [0.717, 1.165) is 70.6 Å².